The molecule has 0 aromatic heterocycles. The van der Waals surface area contributed by atoms with E-state index in [1.54, 1.807) is 24.3 Å². The number of hydrogen-bond donors (Lipinski definition) is 1. The Morgan fingerprint density at radius 3 is 2.18 bits per heavy atom. The predicted molar refractivity (Wildman–Crippen MR) is 137 cm³/mol. The molecule has 0 fully saturated rings. The van der Waals surface area contributed by atoms with E-state index in [1.807, 2.05) is 52.0 Å². The van der Waals surface area contributed by atoms with E-state index in [0.717, 1.165) is 28.1 Å². The standard InChI is InChI=1S/C25H34ClN3O4S/c1-6-19(4)27-25(31)22(7-2)28(16-20-14-12-18(3)13-15-20)24(30)17-29(34(5,32)33)23-11-9-8-10-21(23)26/h8-15,19,22H,6-7,16-17H2,1-5H3,(H,27,31)/t19-,22-/m0/s1. The van der Waals surface area contributed by atoms with Crippen molar-refractivity contribution in [2.24, 2.45) is 0 Å². The SMILES string of the molecule is CC[C@H](C)NC(=O)[C@H](CC)N(Cc1ccc(C)cc1)C(=O)CN(c1ccccc1Cl)S(C)(=O)=O. The maximum absolute atomic E-state index is 13.6. The van der Waals surface area contributed by atoms with Gasteiger partial charge >= 0.3 is 0 Å². The molecule has 9 heteroatoms. The summed E-state index contributed by atoms with van der Waals surface area (Å²) in [5.41, 5.74) is 2.13. The number of carbonyl (C=O) groups excluding carboxylic acids is 2. The number of hydrogen-bond acceptors (Lipinski definition) is 4. The van der Waals surface area contributed by atoms with Crippen molar-refractivity contribution in [1.82, 2.24) is 10.2 Å². The molecule has 0 saturated carbocycles. The predicted octanol–water partition coefficient (Wildman–Crippen LogP) is 4.14. The van der Waals surface area contributed by atoms with E-state index in [4.69, 9.17) is 11.6 Å². The second kappa shape index (κ2) is 12.2. The number of aryl methyl sites for hydroxylation is 1. The molecule has 2 atom stereocenters. The summed E-state index contributed by atoms with van der Waals surface area (Å²) in [6.07, 6.45) is 2.16. The van der Waals surface area contributed by atoms with E-state index in [9.17, 15) is 18.0 Å². The van der Waals surface area contributed by atoms with Gasteiger partial charge in [-0.15, -0.1) is 0 Å². The molecule has 0 aliphatic rings. The van der Waals surface area contributed by atoms with Crippen molar-refractivity contribution in [3.8, 4) is 0 Å². The third kappa shape index (κ3) is 7.46. The Morgan fingerprint density at radius 1 is 1.03 bits per heavy atom. The average molecular weight is 508 g/mol. The van der Waals surface area contributed by atoms with E-state index in [2.05, 4.69) is 5.32 Å². The van der Waals surface area contributed by atoms with Gasteiger partial charge in [-0.2, -0.15) is 0 Å². The Labute approximate surface area is 208 Å². The first-order chi connectivity index (χ1) is 16.0. The molecule has 2 aromatic carbocycles. The molecule has 7 nitrogen and oxygen atoms in total. The summed E-state index contributed by atoms with van der Waals surface area (Å²) in [5.74, 6) is -0.752. The van der Waals surface area contributed by atoms with Gasteiger partial charge in [0, 0.05) is 12.6 Å². The van der Waals surface area contributed by atoms with Crippen LogP contribution >= 0.6 is 11.6 Å². The van der Waals surface area contributed by atoms with Crippen LogP contribution in [0.3, 0.4) is 0 Å². The molecule has 0 spiro atoms. The fourth-order valence-corrected chi connectivity index (χ4v) is 4.65. The Kier molecular flexibility index (Phi) is 9.94. The van der Waals surface area contributed by atoms with Gasteiger partial charge < -0.3 is 10.2 Å². The van der Waals surface area contributed by atoms with E-state index in [1.165, 1.54) is 4.90 Å². The smallest absolute Gasteiger partial charge is 0.244 e. The number of nitrogens with zero attached hydrogens (tertiary/aromatic N) is 2. The number of benzene rings is 2. The lowest BCUT2D eigenvalue weighted by Gasteiger charge is -2.33. The first kappa shape index (κ1) is 27.7. The summed E-state index contributed by atoms with van der Waals surface area (Å²) in [5, 5.41) is 3.16. The lowest BCUT2D eigenvalue weighted by atomic mass is 10.1. The van der Waals surface area contributed by atoms with E-state index < -0.39 is 28.5 Å². The molecule has 0 bridgehead atoms. The van der Waals surface area contributed by atoms with Crippen LogP contribution in [0.2, 0.25) is 5.02 Å². The number of amides is 2. The van der Waals surface area contributed by atoms with Gasteiger partial charge in [-0.25, -0.2) is 8.42 Å². The number of halogens is 1. The molecular formula is C25H34ClN3O4S. The van der Waals surface area contributed by atoms with Gasteiger partial charge in [-0.3, -0.25) is 13.9 Å². The molecule has 0 aliphatic carbocycles. The minimum Gasteiger partial charge on any atom is -0.352 e. The number of rotatable bonds is 11. The summed E-state index contributed by atoms with van der Waals surface area (Å²) in [7, 11) is -3.82. The van der Waals surface area contributed by atoms with Crippen LogP contribution in [-0.2, 0) is 26.2 Å². The molecule has 0 unspecified atom stereocenters. The summed E-state index contributed by atoms with van der Waals surface area (Å²) in [6.45, 7) is 7.37. The first-order valence-electron chi connectivity index (χ1n) is 11.4. The molecule has 2 amide bonds. The molecular weight excluding hydrogens is 474 g/mol. The minimum absolute atomic E-state index is 0.0477. The van der Waals surface area contributed by atoms with Crippen molar-refractivity contribution in [3.63, 3.8) is 0 Å². The van der Waals surface area contributed by atoms with Crippen molar-refractivity contribution in [1.29, 1.82) is 0 Å². The minimum atomic E-state index is -3.82. The van der Waals surface area contributed by atoms with Crippen molar-refractivity contribution in [3.05, 3.63) is 64.7 Å². The van der Waals surface area contributed by atoms with Crippen LogP contribution in [0.4, 0.5) is 5.69 Å². The third-order valence-electron chi connectivity index (χ3n) is 5.66. The number of anilines is 1. The zero-order valence-corrected chi connectivity index (χ0v) is 22.0. The van der Waals surface area contributed by atoms with Gasteiger partial charge in [0.15, 0.2) is 0 Å². The highest BCUT2D eigenvalue weighted by molar-refractivity contribution is 7.92. The molecule has 0 saturated heterocycles. The summed E-state index contributed by atoms with van der Waals surface area (Å²) >= 11 is 6.25. The van der Waals surface area contributed by atoms with Gasteiger partial charge in [-0.1, -0.05) is 67.4 Å². The largest absolute Gasteiger partial charge is 0.352 e. The lowest BCUT2D eigenvalue weighted by molar-refractivity contribution is -0.140. The topological polar surface area (TPSA) is 86.8 Å². The van der Waals surface area contributed by atoms with Crippen LogP contribution in [0.15, 0.2) is 48.5 Å². The zero-order valence-electron chi connectivity index (χ0n) is 20.4. The Morgan fingerprint density at radius 2 is 1.65 bits per heavy atom. The molecule has 2 rings (SSSR count). The maximum atomic E-state index is 13.6. The van der Waals surface area contributed by atoms with Crippen molar-refractivity contribution in [2.45, 2.75) is 59.2 Å². The third-order valence-corrected chi connectivity index (χ3v) is 7.11. The molecule has 186 valence electrons. The monoisotopic (exact) mass is 507 g/mol. The fraction of sp³-hybridized carbons (Fsp3) is 0.440. The van der Waals surface area contributed by atoms with Gasteiger partial charge in [-0.05, 0) is 44.4 Å². The molecule has 1 N–H and O–H groups in total. The average Bonchev–Trinajstić information content (AvgIpc) is 2.78. The van der Waals surface area contributed by atoms with Gasteiger partial charge in [0.05, 0.1) is 17.0 Å². The van der Waals surface area contributed by atoms with Crippen LogP contribution in [0.25, 0.3) is 0 Å². The molecule has 0 aliphatic heterocycles. The molecule has 2 aromatic rings. The number of para-hydroxylation sites is 1. The lowest BCUT2D eigenvalue weighted by Crippen LogP contribution is -2.53. The second-order valence-electron chi connectivity index (χ2n) is 8.47. The van der Waals surface area contributed by atoms with Crippen LogP contribution in [-0.4, -0.2) is 50.0 Å². The highest BCUT2D eigenvalue weighted by atomic mass is 35.5. The second-order valence-corrected chi connectivity index (χ2v) is 10.8. The van der Waals surface area contributed by atoms with Crippen LogP contribution < -0.4 is 9.62 Å². The molecule has 34 heavy (non-hydrogen) atoms. The van der Waals surface area contributed by atoms with Crippen LogP contribution in [0, 0.1) is 6.92 Å². The highest BCUT2D eigenvalue weighted by Crippen LogP contribution is 2.27. The van der Waals surface area contributed by atoms with Crippen LogP contribution in [0.1, 0.15) is 44.7 Å². The number of nitrogens with one attached hydrogen (secondary N) is 1. The van der Waals surface area contributed by atoms with E-state index >= 15 is 0 Å². The van der Waals surface area contributed by atoms with Crippen LogP contribution in [0.5, 0.6) is 0 Å². The molecule has 0 radical (unpaired) electrons. The van der Waals surface area contributed by atoms with Crippen molar-refractivity contribution in [2.75, 3.05) is 17.1 Å². The van der Waals surface area contributed by atoms with Gasteiger partial charge in [0.25, 0.3) is 0 Å². The van der Waals surface area contributed by atoms with Gasteiger partial charge in [0.2, 0.25) is 21.8 Å². The Hall–Kier alpha value is -2.58. The quantitative estimate of drug-likeness (QED) is 0.495. The number of carbonyl (C=O) groups is 2. The molecule has 0 heterocycles. The highest BCUT2D eigenvalue weighted by Gasteiger charge is 2.32. The van der Waals surface area contributed by atoms with Crippen molar-refractivity contribution >= 4 is 39.1 Å². The maximum Gasteiger partial charge on any atom is 0.244 e. The first-order valence-corrected chi connectivity index (χ1v) is 13.6. The van der Waals surface area contributed by atoms with E-state index in [0.29, 0.717) is 6.42 Å². The van der Waals surface area contributed by atoms with Gasteiger partial charge in [0.1, 0.15) is 12.6 Å². The Bertz CT molecular complexity index is 1090. The summed E-state index contributed by atoms with van der Waals surface area (Å²) in [4.78, 5) is 28.2. The van der Waals surface area contributed by atoms with Crippen molar-refractivity contribution < 1.29 is 18.0 Å². The van der Waals surface area contributed by atoms with E-state index in [-0.39, 0.29) is 29.2 Å². The normalized spacial score (nSPS) is 13.1. The fourth-order valence-electron chi connectivity index (χ4n) is 3.50. The number of sulfonamides is 1. The zero-order chi connectivity index (χ0) is 25.5. The summed E-state index contributed by atoms with van der Waals surface area (Å²) < 4.78 is 26.2. The Balaban J connectivity index is 2.44. The summed E-state index contributed by atoms with van der Waals surface area (Å²) in [6, 6.07) is 13.3.